The molecule has 1 aromatic rings. The first-order chi connectivity index (χ1) is 9.08. The zero-order valence-electron chi connectivity index (χ0n) is 13.7. The molecule has 2 rings (SSSR count). The van der Waals surface area contributed by atoms with Crippen LogP contribution in [0.3, 0.4) is 0 Å². The molecule has 1 saturated heterocycles. The fraction of sp³-hybridized carbons (Fsp3) is 0.647. The molecule has 0 bridgehead atoms. The van der Waals surface area contributed by atoms with Crippen LogP contribution >= 0.6 is 24.8 Å². The van der Waals surface area contributed by atoms with Crippen molar-refractivity contribution in [2.24, 2.45) is 5.92 Å². The molecular weight excluding hydrogens is 303 g/mol. The quantitative estimate of drug-likeness (QED) is 0.891. The summed E-state index contributed by atoms with van der Waals surface area (Å²) in [4.78, 5) is 2.65. The van der Waals surface area contributed by atoms with Crippen LogP contribution in [0.2, 0.25) is 0 Å². The molecule has 1 aromatic carbocycles. The summed E-state index contributed by atoms with van der Waals surface area (Å²) in [6.07, 6.45) is 1.25. The van der Waals surface area contributed by atoms with E-state index in [0.29, 0.717) is 6.04 Å². The summed E-state index contributed by atoms with van der Waals surface area (Å²) in [5.41, 5.74) is 4.31. The third kappa shape index (κ3) is 5.78. The average molecular weight is 333 g/mol. The number of halogens is 2. The minimum Gasteiger partial charge on any atom is -0.314 e. The van der Waals surface area contributed by atoms with Crippen LogP contribution in [0.15, 0.2) is 18.2 Å². The Bertz CT molecular complexity index is 415. The minimum atomic E-state index is 0. The number of aryl methyl sites for hydroxylation is 2. The summed E-state index contributed by atoms with van der Waals surface area (Å²) >= 11 is 0. The number of benzene rings is 1. The maximum Gasteiger partial charge on any atom is 0.0351 e. The van der Waals surface area contributed by atoms with Gasteiger partial charge >= 0.3 is 0 Å². The maximum atomic E-state index is 3.45. The van der Waals surface area contributed by atoms with Crippen molar-refractivity contribution in [3.8, 4) is 0 Å². The lowest BCUT2D eigenvalue weighted by Crippen LogP contribution is -2.45. The summed E-state index contributed by atoms with van der Waals surface area (Å²) in [6.45, 7) is 13.7. The summed E-state index contributed by atoms with van der Waals surface area (Å²) in [5.74, 6) is 0.737. The molecule has 4 heteroatoms. The molecule has 1 heterocycles. The minimum absolute atomic E-state index is 0. The predicted octanol–water partition coefficient (Wildman–Crippen LogP) is 4.14. The van der Waals surface area contributed by atoms with Crippen molar-refractivity contribution in [1.29, 1.82) is 0 Å². The summed E-state index contributed by atoms with van der Waals surface area (Å²) in [7, 11) is 0. The first kappa shape index (κ1) is 20.7. The Morgan fingerprint density at radius 2 is 1.67 bits per heavy atom. The molecule has 0 unspecified atom stereocenters. The molecule has 0 radical (unpaired) electrons. The molecule has 0 spiro atoms. The SMILES string of the molecule is Cc1ccc([C@H](CC(C)C)N2CCNCC2)cc1C.Cl.Cl. The predicted molar refractivity (Wildman–Crippen MR) is 97.1 cm³/mol. The molecule has 122 valence electrons. The Morgan fingerprint density at radius 3 is 2.19 bits per heavy atom. The van der Waals surface area contributed by atoms with Crippen LogP contribution in [0.1, 0.15) is 43.0 Å². The molecule has 2 nitrogen and oxygen atoms in total. The molecule has 1 N–H and O–H groups in total. The number of hydrogen-bond donors (Lipinski definition) is 1. The fourth-order valence-corrected chi connectivity index (χ4v) is 2.91. The zero-order valence-corrected chi connectivity index (χ0v) is 15.3. The van der Waals surface area contributed by atoms with E-state index in [4.69, 9.17) is 0 Å². The standard InChI is InChI=1S/C17H28N2.2ClH/c1-13(2)11-17(19-9-7-18-8-10-19)16-6-5-14(3)15(4)12-16;;/h5-6,12-13,17-18H,7-11H2,1-4H3;2*1H/t17-;;/m0../s1. The van der Waals surface area contributed by atoms with Gasteiger partial charge in [0.2, 0.25) is 0 Å². The molecule has 0 aromatic heterocycles. The van der Waals surface area contributed by atoms with Crippen LogP contribution in [0.25, 0.3) is 0 Å². The van der Waals surface area contributed by atoms with Gasteiger partial charge in [-0.2, -0.15) is 0 Å². The van der Waals surface area contributed by atoms with Gasteiger partial charge in [0, 0.05) is 32.2 Å². The number of hydrogen-bond acceptors (Lipinski definition) is 2. The van der Waals surface area contributed by atoms with E-state index in [1.54, 1.807) is 0 Å². The molecule has 21 heavy (non-hydrogen) atoms. The highest BCUT2D eigenvalue weighted by atomic mass is 35.5. The third-order valence-corrected chi connectivity index (χ3v) is 4.20. The highest BCUT2D eigenvalue weighted by Gasteiger charge is 2.23. The summed E-state index contributed by atoms with van der Waals surface area (Å²) < 4.78 is 0. The van der Waals surface area contributed by atoms with E-state index in [1.807, 2.05) is 0 Å². The van der Waals surface area contributed by atoms with Crippen LogP contribution in [-0.4, -0.2) is 31.1 Å². The van der Waals surface area contributed by atoms with E-state index in [2.05, 4.69) is 56.1 Å². The second-order valence-corrected chi connectivity index (χ2v) is 6.28. The lowest BCUT2D eigenvalue weighted by Gasteiger charge is -2.36. The Balaban J connectivity index is 0.00000200. The van der Waals surface area contributed by atoms with Crippen molar-refractivity contribution >= 4 is 24.8 Å². The van der Waals surface area contributed by atoms with Crippen molar-refractivity contribution in [3.63, 3.8) is 0 Å². The number of piperazine rings is 1. The van der Waals surface area contributed by atoms with Gasteiger partial charge in [-0.05, 0) is 42.9 Å². The fourth-order valence-electron chi connectivity index (χ4n) is 2.91. The molecule has 1 aliphatic heterocycles. The van der Waals surface area contributed by atoms with E-state index in [-0.39, 0.29) is 24.8 Å². The Labute approximate surface area is 142 Å². The molecule has 0 amide bonds. The van der Waals surface area contributed by atoms with Gasteiger partial charge in [0.15, 0.2) is 0 Å². The van der Waals surface area contributed by atoms with Crippen molar-refractivity contribution in [2.75, 3.05) is 26.2 Å². The van der Waals surface area contributed by atoms with Gasteiger partial charge in [0.05, 0.1) is 0 Å². The highest BCUT2D eigenvalue weighted by Crippen LogP contribution is 2.29. The number of nitrogens with one attached hydrogen (secondary N) is 1. The molecule has 0 aliphatic carbocycles. The molecule has 0 saturated carbocycles. The van der Waals surface area contributed by atoms with Gasteiger partial charge in [0.1, 0.15) is 0 Å². The third-order valence-electron chi connectivity index (χ3n) is 4.20. The maximum absolute atomic E-state index is 3.45. The molecular formula is C17H30Cl2N2. The van der Waals surface area contributed by atoms with E-state index < -0.39 is 0 Å². The number of nitrogens with zero attached hydrogens (tertiary/aromatic N) is 1. The first-order valence-electron chi connectivity index (χ1n) is 7.60. The van der Waals surface area contributed by atoms with Gasteiger partial charge in [-0.15, -0.1) is 24.8 Å². The van der Waals surface area contributed by atoms with Gasteiger partial charge < -0.3 is 5.32 Å². The van der Waals surface area contributed by atoms with Crippen molar-refractivity contribution < 1.29 is 0 Å². The van der Waals surface area contributed by atoms with Crippen LogP contribution < -0.4 is 5.32 Å². The van der Waals surface area contributed by atoms with Crippen molar-refractivity contribution in [3.05, 3.63) is 34.9 Å². The van der Waals surface area contributed by atoms with Crippen molar-refractivity contribution in [1.82, 2.24) is 10.2 Å². The Morgan fingerprint density at radius 1 is 1.05 bits per heavy atom. The van der Waals surface area contributed by atoms with Gasteiger partial charge in [-0.1, -0.05) is 32.0 Å². The van der Waals surface area contributed by atoms with Crippen LogP contribution in [-0.2, 0) is 0 Å². The normalized spacial score (nSPS) is 17.0. The van der Waals surface area contributed by atoms with Crippen molar-refractivity contribution in [2.45, 2.75) is 40.2 Å². The smallest absolute Gasteiger partial charge is 0.0351 e. The lowest BCUT2D eigenvalue weighted by molar-refractivity contribution is 0.154. The monoisotopic (exact) mass is 332 g/mol. The number of rotatable bonds is 4. The van der Waals surface area contributed by atoms with Gasteiger partial charge in [-0.25, -0.2) is 0 Å². The molecule has 1 fully saturated rings. The summed E-state index contributed by atoms with van der Waals surface area (Å²) in [6, 6.07) is 7.59. The summed E-state index contributed by atoms with van der Waals surface area (Å²) in [5, 5.41) is 3.45. The van der Waals surface area contributed by atoms with Gasteiger partial charge in [-0.3, -0.25) is 4.90 Å². The highest BCUT2D eigenvalue weighted by molar-refractivity contribution is 5.85. The van der Waals surface area contributed by atoms with E-state index in [1.165, 1.54) is 36.2 Å². The second kappa shape index (κ2) is 9.68. The van der Waals surface area contributed by atoms with Gasteiger partial charge in [0.25, 0.3) is 0 Å². The van der Waals surface area contributed by atoms with E-state index >= 15 is 0 Å². The molecule has 1 aliphatic rings. The van der Waals surface area contributed by atoms with Crippen LogP contribution in [0, 0.1) is 19.8 Å². The topological polar surface area (TPSA) is 15.3 Å². The lowest BCUT2D eigenvalue weighted by atomic mass is 9.93. The van der Waals surface area contributed by atoms with E-state index in [0.717, 1.165) is 19.0 Å². The molecule has 1 atom stereocenters. The second-order valence-electron chi connectivity index (χ2n) is 6.28. The largest absolute Gasteiger partial charge is 0.314 e. The average Bonchev–Trinajstić information content (AvgIpc) is 2.40. The Hall–Kier alpha value is -0.280. The van der Waals surface area contributed by atoms with Crippen LogP contribution in [0.4, 0.5) is 0 Å². The Kier molecular flexibility index (Phi) is 9.55. The first-order valence-corrected chi connectivity index (χ1v) is 7.60. The zero-order chi connectivity index (χ0) is 13.8. The van der Waals surface area contributed by atoms with E-state index in [9.17, 15) is 0 Å². The van der Waals surface area contributed by atoms with Crippen LogP contribution in [0.5, 0.6) is 0 Å².